The second-order valence-corrected chi connectivity index (χ2v) is 7.31. The number of carbonyl (C=O) groups is 3. The number of ether oxygens (including phenoxy) is 1. The van der Waals surface area contributed by atoms with Gasteiger partial charge in [0, 0.05) is 13.0 Å². The molecule has 0 aliphatic carbocycles. The van der Waals surface area contributed by atoms with Crippen LogP contribution in [0.3, 0.4) is 0 Å². The molecule has 160 valence electrons. The second-order valence-electron chi connectivity index (χ2n) is 7.31. The van der Waals surface area contributed by atoms with Gasteiger partial charge in [-0.05, 0) is 36.1 Å². The van der Waals surface area contributed by atoms with Crippen LogP contribution in [0.15, 0.2) is 54.6 Å². The Bertz CT molecular complexity index is 986. The van der Waals surface area contributed by atoms with Crippen LogP contribution in [-0.2, 0) is 27.4 Å². The minimum absolute atomic E-state index is 0.0295. The normalized spacial score (nSPS) is 16.2. The molecule has 1 saturated heterocycles. The minimum Gasteiger partial charge on any atom is -0.480 e. The fourth-order valence-electron chi connectivity index (χ4n) is 3.53. The van der Waals surface area contributed by atoms with Gasteiger partial charge in [0.1, 0.15) is 18.7 Å². The third-order valence-corrected chi connectivity index (χ3v) is 5.11. The zero-order valence-corrected chi connectivity index (χ0v) is 16.9. The maximum atomic E-state index is 12.8. The highest BCUT2D eigenvalue weighted by molar-refractivity contribution is 5.89. The van der Waals surface area contributed by atoms with E-state index in [1.165, 1.54) is 4.90 Å². The van der Waals surface area contributed by atoms with Crippen LogP contribution in [0, 0.1) is 11.3 Å². The van der Waals surface area contributed by atoms with E-state index in [0.717, 1.165) is 5.56 Å². The number of benzene rings is 2. The standard InChI is InChI=1S/C23H23N3O5/c24-14-18-9-4-8-17(12-18)13-19(22(28)29)25-21(27)20-10-5-11-26(20)23(30)31-15-16-6-2-1-3-7-16/h1-4,6-9,12,19-20H,5,10-11,13,15H2,(H,25,27)(H,28,29)/t19-,20-/m1/s1. The first-order valence-electron chi connectivity index (χ1n) is 9.97. The van der Waals surface area contributed by atoms with Gasteiger partial charge in [-0.1, -0.05) is 42.5 Å². The lowest BCUT2D eigenvalue weighted by molar-refractivity contribution is -0.142. The molecule has 0 spiro atoms. The molecule has 1 heterocycles. The molecule has 2 aromatic rings. The zero-order chi connectivity index (χ0) is 22.2. The number of carboxylic acids is 1. The molecule has 2 amide bonds. The third kappa shape index (κ3) is 5.82. The van der Waals surface area contributed by atoms with E-state index in [1.807, 2.05) is 36.4 Å². The molecule has 2 atom stereocenters. The van der Waals surface area contributed by atoms with Gasteiger partial charge in [-0.25, -0.2) is 9.59 Å². The van der Waals surface area contributed by atoms with Gasteiger partial charge >= 0.3 is 12.1 Å². The van der Waals surface area contributed by atoms with Crippen molar-refractivity contribution in [1.29, 1.82) is 5.26 Å². The van der Waals surface area contributed by atoms with Crippen LogP contribution in [0.4, 0.5) is 4.79 Å². The molecule has 8 nitrogen and oxygen atoms in total. The summed E-state index contributed by atoms with van der Waals surface area (Å²) in [7, 11) is 0. The highest BCUT2D eigenvalue weighted by Gasteiger charge is 2.36. The average Bonchev–Trinajstić information content (AvgIpc) is 3.28. The smallest absolute Gasteiger partial charge is 0.410 e. The lowest BCUT2D eigenvalue weighted by Crippen LogP contribution is -2.51. The first-order chi connectivity index (χ1) is 15.0. The Morgan fingerprint density at radius 2 is 1.90 bits per heavy atom. The van der Waals surface area contributed by atoms with Gasteiger partial charge in [0.25, 0.3) is 0 Å². The molecular formula is C23H23N3O5. The molecule has 1 aliphatic rings. The molecule has 2 N–H and O–H groups in total. The predicted molar refractivity (Wildman–Crippen MR) is 111 cm³/mol. The van der Waals surface area contributed by atoms with Crippen molar-refractivity contribution in [3.63, 3.8) is 0 Å². The van der Waals surface area contributed by atoms with Gasteiger partial charge < -0.3 is 15.2 Å². The minimum atomic E-state index is -1.19. The van der Waals surface area contributed by atoms with Gasteiger partial charge in [-0.2, -0.15) is 5.26 Å². The van der Waals surface area contributed by atoms with Crippen LogP contribution in [0.1, 0.15) is 29.5 Å². The van der Waals surface area contributed by atoms with E-state index in [0.29, 0.717) is 30.5 Å². The van der Waals surface area contributed by atoms with Crippen molar-refractivity contribution in [2.75, 3.05) is 6.54 Å². The number of carboxylic acid groups (broad SMARTS) is 1. The number of nitrogens with zero attached hydrogens (tertiary/aromatic N) is 2. The number of nitriles is 1. The van der Waals surface area contributed by atoms with Crippen LogP contribution >= 0.6 is 0 Å². The summed E-state index contributed by atoms with van der Waals surface area (Å²) in [6.07, 6.45) is 0.486. The molecule has 0 bridgehead atoms. The van der Waals surface area contributed by atoms with Crippen LogP contribution in [0.2, 0.25) is 0 Å². The van der Waals surface area contributed by atoms with Crippen molar-refractivity contribution in [3.8, 4) is 6.07 Å². The van der Waals surface area contributed by atoms with Crippen LogP contribution < -0.4 is 5.32 Å². The Hall–Kier alpha value is -3.86. The van der Waals surface area contributed by atoms with E-state index >= 15 is 0 Å². The van der Waals surface area contributed by atoms with E-state index in [4.69, 9.17) is 10.00 Å². The predicted octanol–water partition coefficient (Wildman–Crippen LogP) is 2.47. The van der Waals surface area contributed by atoms with Crippen LogP contribution in [-0.4, -0.2) is 46.6 Å². The Morgan fingerprint density at radius 3 is 2.61 bits per heavy atom. The molecule has 1 aliphatic heterocycles. The van der Waals surface area contributed by atoms with Crippen molar-refractivity contribution in [2.45, 2.75) is 38.0 Å². The first-order valence-corrected chi connectivity index (χ1v) is 9.97. The third-order valence-electron chi connectivity index (χ3n) is 5.11. The quantitative estimate of drug-likeness (QED) is 0.709. The number of aliphatic carboxylic acids is 1. The van der Waals surface area contributed by atoms with E-state index < -0.39 is 30.1 Å². The molecule has 2 aromatic carbocycles. The van der Waals surface area contributed by atoms with Crippen molar-refractivity contribution in [2.24, 2.45) is 0 Å². The molecule has 31 heavy (non-hydrogen) atoms. The number of amides is 2. The average molecular weight is 421 g/mol. The fraction of sp³-hybridized carbons (Fsp3) is 0.304. The Balaban J connectivity index is 1.61. The lowest BCUT2D eigenvalue weighted by atomic mass is 10.0. The molecule has 0 aromatic heterocycles. The summed E-state index contributed by atoms with van der Waals surface area (Å²) in [6, 6.07) is 15.8. The molecule has 0 saturated carbocycles. The van der Waals surface area contributed by atoms with Crippen molar-refractivity contribution >= 4 is 18.0 Å². The highest BCUT2D eigenvalue weighted by Crippen LogP contribution is 2.19. The Kier molecular flexibility index (Phi) is 7.22. The van der Waals surface area contributed by atoms with E-state index in [2.05, 4.69) is 5.32 Å². The Morgan fingerprint density at radius 1 is 1.16 bits per heavy atom. The van der Waals surface area contributed by atoms with Crippen molar-refractivity contribution < 1.29 is 24.2 Å². The van der Waals surface area contributed by atoms with Crippen molar-refractivity contribution in [3.05, 3.63) is 71.3 Å². The molecule has 1 fully saturated rings. The van der Waals surface area contributed by atoms with E-state index in [-0.39, 0.29) is 13.0 Å². The number of nitrogens with one attached hydrogen (secondary N) is 1. The second kappa shape index (κ2) is 10.3. The monoisotopic (exact) mass is 421 g/mol. The maximum Gasteiger partial charge on any atom is 0.410 e. The molecule has 0 radical (unpaired) electrons. The topological polar surface area (TPSA) is 120 Å². The fourth-order valence-corrected chi connectivity index (χ4v) is 3.53. The first kappa shape index (κ1) is 21.8. The summed E-state index contributed by atoms with van der Waals surface area (Å²) in [5.41, 5.74) is 1.87. The molecule has 3 rings (SSSR count). The molecule has 0 unspecified atom stereocenters. The number of likely N-dealkylation sites (tertiary alicyclic amines) is 1. The summed E-state index contributed by atoms with van der Waals surface area (Å²) in [6.45, 7) is 0.463. The summed E-state index contributed by atoms with van der Waals surface area (Å²) >= 11 is 0. The largest absolute Gasteiger partial charge is 0.480 e. The number of hydrogen-bond donors (Lipinski definition) is 2. The lowest BCUT2D eigenvalue weighted by Gasteiger charge is -2.25. The zero-order valence-electron chi connectivity index (χ0n) is 16.9. The summed E-state index contributed by atoms with van der Waals surface area (Å²) in [5, 5.41) is 21.1. The van der Waals surface area contributed by atoms with Crippen LogP contribution in [0.5, 0.6) is 0 Å². The SMILES string of the molecule is N#Cc1cccc(C[C@@H](NC(=O)[C@H]2CCCN2C(=O)OCc2ccccc2)C(=O)O)c1. The number of carbonyl (C=O) groups excluding carboxylic acids is 2. The van der Waals surface area contributed by atoms with Crippen LogP contribution in [0.25, 0.3) is 0 Å². The summed E-state index contributed by atoms with van der Waals surface area (Å²) in [4.78, 5) is 38.3. The molecular weight excluding hydrogens is 398 g/mol. The van der Waals surface area contributed by atoms with Gasteiger partial charge in [0.05, 0.1) is 11.6 Å². The highest BCUT2D eigenvalue weighted by atomic mass is 16.6. The number of rotatable bonds is 7. The van der Waals surface area contributed by atoms with Gasteiger partial charge in [0.2, 0.25) is 5.91 Å². The number of hydrogen-bond acceptors (Lipinski definition) is 5. The van der Waals surface area contributed by atoms with Gasteiger partial charge in [-0.15, -0.1) is 0 Å². The van der Waals surface area contributed by atoms with Gasteiger partial charge in [-0.3, -0.25) is 9.69 Å². The Labute approximate surface area is 180 Å². The van der Waals surface area contributed by atoms with E-state index in [1.54, 1.807) is 24.3 Å². The summed E-state index contributed by atoms with van der Waals surface area (Å²) < 4.78 is 5.33. The molecule has 8 heteroatoms. The summed E-state index contributed by atoms with van der Waals surface area (Å²) in [5.74, 6) is -1.72. The van der Waals surface area contributed by atoms with E-state index in [9.17, 15) is 19.5 Å². The van der Waals surface area contributed by atoms with Crippen molar-refractivity contribution in [1.82, 2.24) is 10.2 Å². The van der Waals surface area contributed by atoms with Gasteiger partial charge in [0.15, 0.2) is 0 Å². The maximum absolute atomic E-state index is 12.8.